The summed E-state index contributed by atoms with van der Waals surface area (Å²) >= 11 is 0. The SMILES string of the molecule is Cc1cccnc1CNC(C)C(=O)NCCC(C)C. The smallest absolute Gasteiger partial charge is 0.236 e. The molecule has 0 aliphatic rings. The molecule has 2 N–H and O–H groups in total. The van der Waals surface area contributed by atoms with Crippen LogP contribution in [0.5, 0.6) is 0 Å². The molecule has 1 amide bonds. The van der Waals surface area contributed by atoms with E-state index in [1.165, 1.54) is 0 Å². The number of hydrogen-bond acceptors (Lipinski definition) is 3. The Morgan fingerprint density at radius 3 is 2.74 bits per heavy atom. The quantitative estimate of drug-likeness (QED) is 0.791. The van der Waals surface area contributed by atoms with Crippen molar-refractivity contribution >= 4 is 5.91 Å². The highest BCUT2D eigenvalue weighted by atomic mass is 16.2. The third-order valence-electron chi connectivity index (χ3n) is 3.11. The molecule has 106 valence electrons. The lowest BCUT2D eigenvalue weighted by molar-refractivity contribution is -0.122. The van der Waals surface area contributed by atoms with Crippen molar-refractivity contribution < 1.29 is 4.79 Å². The van der Waals surface area contributed by atoms with Crippen LogP contribution in [-0.2, 0) is 11.3 Å². The van der Waals surface area contributed by atoms with E-state index in [2.05, 4.69) is 29.5 Å². The van der Waals surface area contributed by atoms with Crippen LogP contribution >= 0.6 is 0 Å². The minimum Gasteiger partial charge on any atom is -0.355 e. The Balaban J connectivity index is 2.32. The van der Waals surface area contributed by atoms with Crippen LogP contribution in [-0.4, -0.2) is 23.5 Å². The predicted octanol–water partition coefficient (Wildman–Crippen LogP) is 2.03. The molecule has 0 fully saturated rings. The first-order valence-corrected chi connectivity index (χ1v) is 6.92. The molecule has 19 heavy (non-hydrogen) atoms. The molecule has 0 aliphatic heterocycles. The summed E-state index contributed by atoms with van der Waals surface area (Å²) in [5.41, 5.74) is 2.13. The van der Waals surface area contributed by atoms with Crippen LogP contribution in [0.3, 0.4) is 0 Å². The summed E-state index contributed by atoms with van der Waals surface area (Å²) in [5.74, 6) is 0.661. The Kier molecular flexibility index (Phi) is 6.50. The molecular weight excluding hydrogens is 238 g/mol. The zero-order chi connectivity index (χ0) is 14.3. The lowest BCUT2D eigenvalue weighted by Gasteiger charge is -2.15. The van der Waals surface area contributed by atoms with Crippen LogP contribution in [0, 0.1) is 12.8 Å². The molecule has 4 heteroatoms. The summed E-state index contributed by atoms with van der Waals surface area (Å²) in [6.45, 7) is 9.56. The lowest BCUT2D eigenvalue weighted by Crippen LogP contribution is -2.42. The Bertz CT molecular complexity index is 404. The van der Waals surface area contributed by atoms with Crippen LogP contribution in [0.1, 0.15) is 38.4 Å². The number of rotatable bonds is 7. The summed E-state index contributed by atoms with van der Waals surface area (Å²) in [7, 11) is 0. The molecule has 0 bridgehead atoms. The zero-order valence-electron chi connectivity index (χ0n) is 12.4. The van der Waals surface area contributed by atoms with Gasteiger partial charge in [-0.05, 0) is 37.8 Å². The second-order valence-corrected chi connectivity index (χ2v) is 5.34. The van der Waals surface area contributed by atoms with Crippen molar-refractivity contribution in [3.63, 3.8) is 0 Å². The highest BCUT2D eigenvalue weighted by Crippen LogP contribution is 2.03. The fourth-order valence-electron chi connectivity index (χ4n) is 1.68. The fraction of sp³-hybridized carbons (Fsp3) is 0.600. The van der Waals surface area contributed by atoms with Crippen molar-refractivity contribution in [3.8, 4) is 0 Å². The van der Waals surface area contributed by atoms with Gasteiger partial charge in [0.1, 0.15) is 0 Å². The second kappa shape index (κ2) is 7.89. The van der Waals surface area contributed by atoms with Gasteiger partial charge in [0.2, 0.25) is 5.91 Å². The number of carbonyl (C=O) groups is 1. The maximum atomic E-state index is 11.8. The van der Waals surface area contributed by atoms with E-state index < -0.39 is 0 Å². The van der Waals surface area contributed by atoms with E-state index in [0.29, 0.717) is 12.5 Å². The van der Waals surface area contributed by atoms with Gasteiger partial charge in [-0.3, -0.25) is 9.78 Å². The van der Waals surface area contributed by atoms with Crippen LogP contribution in [0.2, 0.25) is 0 Å². The van der Waals surface area contributed by atoms with Crippen molar-refractivity contribution in [1.29, 1.82) is 0 Å². The number of nitrogens with one attached hydrogen (secondary N) is 2. The van der Waals surface area contributed by atoms with Crippen LogP contribution in [0.25, 0.3) is 0 Å². The highest BCUT2D eigenvalue weighted by molar-refractivity contribution is 5.81. The van der Waals surface area contributed by atoms with E-state index in [1.54, 1.807) is 6.20 Å². The van der Waals surface area contributed by atoms with Gasteiger partial charge in [-0.15, -0.1) is 0 Å². The van der Waals surface area contributed by atoms with Crippen LogP contribution in [0.4, 0.5) is 0 Å². The highest BCUT2D eigenvalue weighted by Gasteiger charge is 2.12. The summed E-state index contributed by atoms with van der Waals surface area (Å²) < 4.78 is 0. The van der Waals surface area contributed by atoms with Gasteiger partial charge in [0, 0.05) is 19.3 Å². The Morgan fingerprint density at radius 2 is 2.11 bits per heavy atom. The Hall–Kier alpha value is -1.42. The molecule has 1 heterocycles. The number of hydrogen-bond donors (Lipinski definition) is 2. The van der Waals surface area contributed by atoms with Gasteiger partial charge in [0.05, 0.1) is 11.7 Å². The van der Waals surface area contributed by atoms with Crippen molar-refractivity contribution in [2.75, 3.05) is 6.54 Å². The fourth-order valence-corrected chi connectivity index (χ4v) is 1.68. The van der Waals surface area contributed by atoms with E-state index in [9.17, 15) is 4.79 Å². The second-order valence-electron chi connectivity index (χ2n) is 5.34. The maximum Gasteiger partial charge on any atom is 0.236 e. The van der Waals surface area contributed by atoms with E-state index in [0.717, 1.165) is 24.2 Å². The number of aromatic nitrogens is 1. The number of nitrogens with zero attached hydrogens (tertiary/aromatic N) is 1. The van der Waals surface area contributed by atoms with E-state index in [-0.39, 0.29) is 11.9 Å². The number of amides is 1. The predicted molar refractivity (Wildman–Crippen MR) is 77.7 cm³/mol. The first-order valence-electron chi connectivity index (χ1n) is 6.92. The normalized spacial score (nSPS) is 12.5. The molecule has 0 saturated carbocycles. The molecule has 0 aromatic carbocycles. The van der Waals surface area contributed by atoms with Crippen molar-refractivity contribution in [2.45, 2.75) is 46.7 Å². The van der Waals surface area contributed by atoms with E-state index in [1.807, 2.05) is 26.0 Å². The topological polar surface area (TPSA) is 54.0 Å². The van der Waals surface area contributed by atoms with Crippen molar-refractivity contribution in [3.05, 3.63) is 29.6 Å². The average Bonchev–Trinajstić information content (AvgIpc) is 2.36. The maximum absolute atomic E-state index is 11.8. The van der Waals surface area contributed by atoms with Crippen molar-refractivity contribution in [2.24, 2.45) is 5.92 Å². The first kappa shape index (κ1) is 15.6. The molecule has 0 radical (unpaired) electrons. The molecule has 1 unspecified atom stereocenters. The molecule has 1 rings (SSSR count). The van der Waals surface area contributed by atoms with Crippen LogP contribution < -0.4 is 10.6 Å². The molecular formula is C15H25N3O. The summed E-state index contributed by atoms with van der Waals surface area (Å²) in [4.78, 5) is 16.1. The van der Waals surface area contributed by atoms with Gasteiger partial charge in [-0.25, -0.2) is 0 Å². The number of aryl methyl sites for hydroxylation is 1. The zero-order valence-corrected chi connectivity index (χ0v) is 12.4. The third kappa shape index (κ3) is 5.83. The van der Waals surface area contributed by atoms with E-state index >= 15 is 0 Å². The monoisotopic (exact) mass is 263 g/mol. The minimum atomic E-state index is -0.200. The largest absolute Gasteiger partial charge is 0.355 e. The van der Waals surface area contributed by atoms with Gasteiger partial charge in [-0.1, -0.05) is 19.9 Å². The average molecular weight is 263 g/mol. The van der Waals surface area contributed by atoms with Crippen molar-refractivity contribution in [1.82, 2.24) is 15.6 Å². The minimum absolute atomic E-state index is 0.0502. The van der Waals surface area contributed by atoms with Gasteiger partial charge in [-0.2, -0.15) is 0 Å². The molecule has 4 nitrogen and oxygen atoms in total. The van der Waals surface area contributed by atoms with Gasteiger partial charge >= 0.3 is 0 Å². The molecule has 0 saturated heterocycles. The number of carbonyl (C=O) groups excluding carboxylic acids is 1. The molecule has 1 aromatic heterocycles. The molecule has 1 aromatic rings. The third-order valence-corrected chi connectivity index (χ3v) is 3.11. The molecule has 0 aliphatic carbocycles. The number of pyridine rings is 1. The summed E-state index contributed by atoms with van der Waals surface area (Å²) in [5, 5.41) is 6.15. The Labute approximate surface area is 116 Å². The van der Waals surface area contributed by atoms with E-state index in [4.69, 9.17) is 0 Å². The summed E-state index contributed by atoms with van der Waals surface area (Å²) in [6.07, 6.45) is 2.79. The molecule has 1 atom stereocenters. The standard InChI is InChI=1S/C15H25N3O/c1-11(2)7-9-17-15(19)13(4)18-10-14-12(3)6-5-8-16-14/h5-6,8,11,13,18H,7,9-10H2,1-4H3,(H,17,19). The Morgan fingerprint density at radius 1 is 1.37 bits per heavy atom. The van der Waals surface area contributed by atoms with Gasteiger partial charge in [0.25, 0.3) is 0 Å². The lowest BCUT2D eigenvalue weighted by atomic mass is 10.1. The van der Waals surface area contributed by atoms with Gasteiger partial charge in [0.15, 0.2) is 0 Å². The summed E-state index contributed by atoms with van der Waals surface area (Å²) in [6, 6.07) is 3.74. The van der Waals surface area contributed by atoms with Gasteiger partial charge < -0.3 is 10.6 Å². The van der Waals surface area contributed by atoms with Crippen LogP contribution in [0.15, 0.2) is 18.3 Å². The first-order chi connectivity index (χ1) is 9.00. The molecule has 0 spiro atoms.